The van der Waals surface area contributed by atoms with Crippen molar-refractivity contribution in [2.24, 2.45) is 11.8 Å². The minimum atomic E-state index is -0.568. The first-order chi connectivity index (χ1) is 17.0. The third-order valence-corrected chi connectivity index (χ3v) is 7.29. The SMILES string of the molecule is CC(C)C[C@@H](/C=C/[C@H](Cc1ccccc1)C(=O)NC1CC(C)(C)N(C)C(C)(C)C1)NC(=O)OC(C)(C)C. The summed E-state index contributed by atoms with van der Waals surface area (Å²) in [6, 6.07) is 9.99. The Labute approximate surface area is 225 Å². The average molecular weight is 514 g/mol. The van der Waals surface area contributed by atoms with Gasteiger partial charge in [0.2, 0.25) is 5.91 Å². The molecule has 0 saturated carbocycles. The van der Waals surface area contributed by atoms with Crippen molar-refractivity contribution in [1.29, 1.82) is 0 Å². The number of benzene rings is 1. The molecule has 0 unspecified atom stereocenters. The van der Waals surface area contributed by atoms with Crippen LogP contribution in [-0.2, 0) is 16.0 Å². The molecule has 1 aromatic carbocycles. The number of piperidine rings is 1. The molecule has 37 heavy (non-hydrogen) atoms. The lowest BCUT2D eigenvalue weighted by atomic mass is 9.77. The number of hydrogen-bond donors (Lipinski definition) is 2. The highest BCUT2D eigenvalue weighted by Crippen LogP contribution is 2.37. The maximum atomic E-state index is 13.7. The number of amides is 2. The molecule has 1 aromatic rings. The van der Waals surface area contributed by atoms with Crippen molar-refractivity contribution in [3.8, 4) is 0 Å². The van der Waals surface area contributed by atoms with Crippen molar-refractivity contribution in [2.45, 2.75) is 117 Å². The third-order valence-electron chi connectivity index (χ3n) is 7.29. The van der Waals surface area contributed by atoms with E-state index in [1.807, 2.05) is 51.1 Å². The summed E-state index contributed by atoms with van der Waals surface area (Å²) in [6.45, 7) is 18.8. The number of carbonyl (C=O) groups is 2. The molecule has 0 spiro atoms. The molecule has 1 fully saturated rings. The standard InChI is InChI=1S/C31H51N3O3/c1-22(2)18-25(33-28(36)37-29(3,4)5)17-16-24(19-23-14-12-11-13-15-23)27(35)32-26-20-30(6,7)34(10)31(8,9)21-26/h11-17,22,24-26H,18-21H2,1-10H3,(H,32,35)(H,33,36)/b17-16+/t24-,25-/m1/s1. The molecule has 2 N–H and O–H groups in total. The Morgan fingerprint density at radius 1 is 1.05 bits per heavy atom. The third kappa shape index (κ3) is 10.1. The molecular weight excluding hydrogens is 462 g/mol. The van der Waals surface area contributed by atoms with Gasteiger partial charge in [0.05, 0.1) is 12.0 Å². The van der Waals surface area contributed by atoms with E-state index in [2.05, 4.69) is 76.3 Å². The van der Waals surface area contributed by atoms with Crippen LogP contribution in [0.25, 0.3) is 0 Å². The number of ether oxygens (including phenoxy) is 1. The Kier molecular flexibility index (Phi) is 10.4. The van der Waals surface area contributed by atoms with E-state index in [0.717, 1.165) is 24.8 Å². The number of hydrogen-bond acceptors (Lipinski definition) is 4. The largest absolute Gasteiger partial charge is 0.444 e. The van der Waals surface area contributed by atoms with E-state index in [1.165, 1.54) is 0 Å². The van der Waals surface area contributed by atoms with Gasteiger partial charge in [-0.2, -0.15) is 0 Å². The fourth-order valence-electron chi connectivity index (χ4n) is 5.32. The van der Waals surface area contributed by atoms with Gasteiger partial charge in [0.1, 0.15) is 5.60 Å². The van der Waals surface area contributed by atoms with Gasteiger partial charge in [-0.15, -0.1) is 0 Å². The normalized spacial score (nSPS) is 20.0. The number of rotatable bonds is 9. The number of likely N-dealkylation sites (tertiary alicyclic amines) is 1. The van der Waals surface area contributed by atoms with Gasteiger partial charge in [-0.05, 0) is 92.7 Å². The molecule has 1 aliphatic rings. The first kappa shape index (κ1) is 30.9. The monoisotopic (exact) mass is 513 g/mol. The summed E-state index contributed by atoms with van der Waals surface area (Å²) in [4.78, 5) is 28.6. The second-order valence-electron chi connectivity index (χ2n) is 13.4. The molecule has 6 nitrogen and oxygen atoms in total. The number of nitrogens with zero attached hydrogens (tertiary/aromatic N) is 1. The van der Waals surface area contributed by atoms with Crippen LogP contribution in [-0.4, -0.2) is 52.7 Å². The summed E-state index contributed by atoms with van der Waals surface area (Å²) in [6.07, 6.45) is 6.66. The van der Waals surface area contributed by atoms with E-state index < -0.39 is 11.7 Å². The number of alkyl carbamates (subject to hydrolysis) is 1. The average Bonchev–Trinajstić information content (AvgIpc) is 2.73. The summed E-state index contributed by atoms with van der Waals surface area (Å²) in [5, 5.41) is 6.36. The Morgan fingerprint density at radius 2 is 1.62 bits per heavy atom. The maximum absolute atomic E-state index is 13.7. The van der Waals surface area contributed by atoms with Crippen LogP contribution in [0.4, 0.5) is 4.79 Å². The summed E-state index contributed by atoms with van der Waals surface area (Å²) in [5.41, 5.74) is 0.521. The molecule has 208 valence electrons. The molecule has 0 aromatic heterocycles. The van der Waals surface area contributed by atoms with Crippen LogP contribution in [0.5, 0.6) is 0 Å². The molecule has 2 rings (SSSR count). The van der Waals surface area contributed by atoms with Gasteiger partial charge in [-0.3, -0.25) is 9.69 Å². The highest BCUT2D eigenvalue weighted by Gasteiger charge is 2.43. The molecule has 1 aliphatic heterocycles. The first-order valence-electron chi connectivity index (χ1n) is 13.7. The Balaban J connectivity index is 2.24. The molecule has 0 bridgehead atoms. The van der Waals surface area contributed by atoms with E-state index in [0.29, 0.717) is 12.3 Å². The zero-order valence-corrected chi connectivity index (χ0v) is 24.9. The predicted octanol–water partition coefficient (Wildman–Crippen LogP) is 6.11. The molecule has 2 amide bonds. The van der Waals surface area contributed by atoms with Crippen LogP contribution in [0, 0.1) is 11.8 Å². The number of carbonyl (C=O) groups excluding carboxylic acids is 2. The molecule has 1 heterocycles. The van der Waals surface area contributed by atoms with E-state index >= 15 is 0 Å². The van der Waals surface area contributed by atoms with Crippen LogP contribution < -0.4 is 10.6 Å². The summed E-state index contributed by atoms with van der Waals surface area (Å²) in [5.74, 6) is 0.0554. The minimum absolute atomic E-state index is 0.00976. The van der Waals surface area contributed by atoms with Crippen LogP contribution in [0.1, 0.15) is 87.1 Å². The zero-order valence-electron chi connectivity index (χ0n) is 24.9. The van der Waals surface area contributed by atoms with E-state index in [4.69, 9.17) is 4.74 Å². The molecular formula is C31H51N3O3. The Morgan fingerprint density at radius 3 is 2.14 bits per heavy atom. The second kappa shape index (κ2) is 12.5. The van der Waals surface area contributed by atoms with Gasteiger partial charge in [-0.25, -0.2) is 4.79 Å². The van der Waals surface area contributed by atoms with Crippen LogP contribution in [0.2, 0.25) is 0 Å². The van der Waals surface area contributed by atoms with E-state index in [1.54, 1.807) is 0 Å². The van der Waals surface area contributed by atoms with Crippen LogP contribution in [0.15, 0.2) is 42.5 Å². The van der Waals surface area contributed by atoms with Crippen molar-refractivity contribution >= 4 is 12.0 Å². The van der Waals surface area contributed by atoms with Crippen molar-refractivity contribution in [3.05, 3.63) is 48.0 Å². The Bertz CT molecular complexity index is 897. The molecule has 6 heteroatoms. The summed E-state index contributed by atoms with van der Waals surface area (Å²) in [7, 11) is 2.17. The summed E-state index contributed by atoms with van der Waals surface area (Å²) >= 11 is 0. The van der Waals surface area contributed by atoms with Gasteiger partial charge >= 0.3 is 6.09 Å². The first-order valence-corrected chi connectivity index (χ1v) is 13.7. The van der Waals surface area contributed by atoms with E-state index in [-0.39, 0.29) is 35.0 Å². The fraction of sp³-hybridized carbons (Fsp3) is 0.677. The van der Waals surface area contributed by atoms with Gasteiger partial charge in [-0.1, -0.05) is 56.3 Å². The van der Waals surface area contributed by atoms with Crippen LogP contribution in [0.3, 0.4) is 0 Å². The zero-order chi connectivity index (χ0) is 28.0. The maximum Gasteiger partial charge on any atom is 0.408 e. The van der Waals surface area contributed by atoms with Crippen molar-refractivity contribution < 1.29 is 14.3 Å². The fourth-order valence-corrected chi connectivity index (χ4v) is 5.32. The van der Waals surface area contributed by atoms with Gasteiger partial charge in [0.25, 0.3) is 0 Å². The Hall–Kier alpha value is -2.34. The minimum Gasteiger partial charge on any atom is -0.444 e. The van der Waals surface area contributed by atoms with Gasteiger partial charge < -0.3 is 15.4 Å². The van der Waals surface area contributed by atoms with Crippen molar-refractivity contribution in [2.75, 3.05) is 7.05 Å². The lowest BCUT2D eigenvalue weighted by Crippen LogP contribution is -2.62. The lowest BCUT2D eigenvalue weighted by Gasteiger charge is -2.53. The molecule has 0 aliphatic carbocycles. The molecule has 2 atom stereocenters. The summed E-state index contributed by atoms with van der Waals surface area (Å²) < 4.78 is 5.48. The number of nitrogens with one attached hydrogen (secondary N) is 2. The second-order valence-corrected chi connectivity index (χ2v) is 13.4. The lowest BCUT2D eigenvalue weighted by molar-refractivity contribution is -0.125. The van der Waals surface area contributed by atoms with Crippen molar-refractivity contribution in [3.63, 3.8) is 0 Å². The van der Waals surface area contributed by atoms with E-state index in [9.17, 15) is 9.59 Å². The van der Waals surface area contributed by atoms with Gasteiger partial charge in [0, 0.05) is 17.1 Å². The quantitative estimate of drug-likeness (QED) is 0.391. The highest BCUT2D eigenvalue weighted by molar-refractivity contribution is 5.81. The molecule has 0 radical (unpaired) electrons. The topological polar surface area (TPSA) is 70.7 Å². The molecule has 1 saturated heterocycles. The van der Waals surface area contributed by atoms with Crippen molar-refractivity contribution in [1.82, 2.24) is 15.5 Å². The predicted molar refractivity (Wildman–Crippen MR) is 152 cm³/mol. The smallest absolute Gasteiger partial charge is 0.408 e. The van der Waals surface area contributed by atoms with Gasteiger partial charge in [0.15, 0.2) is 0 Å². The highest BCUT2D eigenvalue weighted by atomic mass is 16.6. The van der Waals surface area contributed by atoms with Crippen LogP contribution >= 0.6 is 0 Å².